The number of benzene rings is 2. The average Bonchev–Trinajstić information content (AvgIpc) is 3.31. The molecule has 2 aromatic carbocycles. The number of carbonyl (C=O) groups excluding carboxylic acids is 1. The quantitative estimate of drug-likeness (QED) is 0.736. The van der Waals surface area contributed by atoms with Crippen molar-refractivity contribution in [3.05, 3.63) is 29.3 Å². The van der Waals surface area contributed by atoms with Crippen LogP contribution >= 0.6 is 0 Å². The van der Waals surface area contributed by atoms with Gasteiger partial charge in [0.2, 0.25) is 12.5 Å². The van der Waals surface area contributed by atoms with Crippen LogP contribution < -0.4 is 23.7 Å². The summed E-state index contributed by atoms with van der Waals surface area (Å²) in [5, 5.41) is 0. The lowest BCUT2D eigenvalue weighted by molar-refractivity contribution is -0.141. The molecule has 5 rings (SSSR count). The number of hydrogen-bond acceptors (Lipinski definition) is 7. The summed E-state index contributed by atoms with van der Waals surface area (Å²) in [6.07, 6.45) is 1.25. The topological polar surface area (TPSA) is 72.5 Å². The Bertz CT molecular complexity index is 997. The average molecular weight is 398 g/mol. The first-order chi connectivity index (χ1) is 14.1. The third-order valence-corrected chi connectivity index (χ3v) is 6.01. The Morgan fingerprint density at radius 3 is 2.34 bits per heavy atom. The predicted molar refractivity (Wildman–Crippen MR) is 103 cm³/mol. The van der Waals surface area contributed by atoms with Gasteiger partial charge in [0.05, 0.1) is 33.9 Å². The number of carbonyl (C=O) groups is 1. The molecule has 0 N–H and O–H groups in total. The molecule has 0 bridgehead atoms. The van der Waals surface area contributed by atoms with Crippen LogP contribution in [0.15, 0.2) is 18.2 Å². The van der Waals surface area contributed by atoms with Gasteiger partial charge in [-0.2, -0.15) is 0 Å². The molecule has 0 saturated carbocycles. The smallest absolute Gasteiger partial charge is 0.309 e. The molecule has 1 aliphatic carbocycles. The zero-order chi connectivity index (χ0) is 20.1. The second-order valence-electron chi connectivity index (χ2n) is 7.45. The number of ether oxygens (including phenoxy) is 6. The van der Waals surface area contributed by atoms with Crippen molar-refractivity contribution in [3.8, 4) is 39.9 Å². The highest BCUT2D eigenvalue weighted by atomic mass is 16.7. The van der Waals surface area contributed by atoms with E-state index in [-0.39, 0.29) is 24.6 Å². The molecule has 3 aliphatic rings. The summed E-state index contributed by atoms with van der Waals surface area (Å²) < 4.78 is 33.6. The van der Waals surface area contributed by atoms with E-state index in [0.717, 1.165) is 22.3 Å². The fourth-order valence-electron chi connectivity index (χ4n) is 4.62. The molecule has 7 nitrogen and oxygen atoms in total. The molecule has 29 heavy (non-hydrogen) atoms. The highest BCUT2D eigenvalue weighted by molar-refractivity contribution is 5.85. The molecule has 0 radical (unpaired) electrons. The van der Waals surface area contributed by atoms with Crippen molar-refractivity contribution < 1.29 is 33.2 Å². The van der Waals surface area contributed by atoms with Gasteiger partial charge in [-0.1, -0.05) is 0 Å². The fourth-order valence-corrected chi connectivity index (χ4v) is 4.62. The molecule has 1 fully saturated rings. The maximum Gasteiger partial charge on any atom is 0.309 e. The lowest BCUT2D eigenvalue weighted by atomic mass is 9.77. The van der Waals surface area contributed by atoms with E-state index in [9.17, 15) is 4.79 Å². The maximum absolute atomic E-state index is 12.5. The van der Waals surface area contributed by atoms with Gasteiger partial charge < -0.3 is 28.4 Å². The minimum atomic E-state index is -0.213. The molecular formula is C22H22O7. The first-order valence-electron chi connectivity index (χ1n) is 9.56. The lowest BCUT2D eigenvalue weighted by Gasteiger charge is -2.27. The van der Waals surface area contributed by atoms with Crippen molar-refractivity contribution in [3.63, 3.8) is 0 Å². The number of cyclic esters (lactones) is 1. The van der Waals surface area contributed by atoms with Crippen LogP contribution in [0, 0.1) is 11.8 Å². The summed E-state index contributed by atoms with van der Waals surface area (Å²) in [4.78, 5) is 12.5. The van der Waals surface area contributed by atoms with Crippen LogP contribution in [-0.2, 0) is 22.4 Å². The van der Waals surface area contributed by atoms with E-state index in [1.807, 2.05) is 18.2 Å². The van der Waals surface area contributed by atoms with Crippen molar-refractivity contribution in [2.75, 3.05) is 34.7 Å². The highest BCUT2D eigenvalue weighted by Gasteiger charge is 2.40. The van der Waals surface area contributed by atoms with Crippen molar-refractivity contribution >= 4 is 5.97 Å². The number of rotatable bonds is 3. The Labute approximate surface area is 168 Å². The van der Waals surface area contributed by atoms with Crippen molar-refractivity contribution in [1.82, 2.24) is 0 Å². The second-order valence-corrected chi connectivity index (χ2v) is 7.45. The summed E-state index contributed by atoms with van der Waals surface area (Å²) in [5.41, 5.74) is 3.89. The molecule has 0 amide bonds. The monoisotopic (exact) mass is 398 g/mol. The van der Waals surface area contributed by atoms with Crippen LogP contribution in [0.4, 0.5) is 0 Å². The van der Waals surface area contributed by atoms with E-state index < -0.39 is 0 Å². The third-order valence-electron chi connectivity index (χ3n) is 6.01. The molecule has 0 aromatic heterocycles. The van der Waals surface area contributed by atoms with Gasteiger partial charge in [-0.3, -0.25) is 4.79 Å². The van der Waals surface area contributed by atoms with Crippen LogP contribution in [0.3, 0.4) is 0 Å². The minimum Gasteiger partial charge on any atom is -0.493 e. The van der Waals surface area contributed by atoms with Gasteiger partial charge >= 0.3 is 5.97 Å². The van der Waals surface area contributed by atoms with Gasteiger partial charge in [-0.15, -0.1) is 0 Å². The van der Waals surface area contributed by atoms with Gasteiger partial charge in [-0.05, 0) is 47.7 Å². The second kappa shape index (κ2) is 6.76. The molecular weight excluding hydrogens is 376 g/mol. The van der Waals surface area contributed by atoms with E-state index in [1.54, 1.807) is 21.3 Å². The Morgan fingerprint density at radius 1 is 0.862 bits per heavy atom. The largest absolute Gasteiger partial charge is 0.493 e. The minimum absolute atomic E-state index is 0.105. The standard InChI is InChI=1S/C22H22O7/c1-24-18-7-12-5-15-13(9-27-22(15)23)4-11-6-16-17(29-10-28-16)8-14(11)19(12)21(26-3)20(18)25-2/h6-8,13,15H,4-5,9-10H2,1-3H3/t13-,15+/m0/s1. The van der Waals surface area contributed by atoms with E-state index in [0.29, 0.717) is 48.2 Å². The van der Waals surface area contributed by atoms with Crippen molar-refractivity contribution in [2.45, 2.75) is 12.8 Å². The summed E-state index contributed by atoms with van der Waals surface area (Å²) in [5.74, 6) is 2.81. The van der Waals surface area contributed by atoms with E-state index in [2.05, 4.69) is 0 Å². The Balaban J connectivity index is 1.81. The highest BCUT2D eigenvalue weighted by Crippen LogP contribution is 2.52. The number of esters is 1. The van der Waals surface area contributed by atoms with E-state index in [4.69, 9.17) is 28.4 Å². The van der Waals surface area contributed by atoms with Gasteiger partial charge in [0.15, 0.2) is 23.0 Å². The predicted octanol–water partition coefficient (Wildman–Crippen LogP) is 3.00. The van der Waals surface area contributed by atoms with Gasteiger partial charge in [0, 0.05) is 11.5 Å². The Morgan fingerprint density at radius 2 is 1.62 bits per heavy atom. The zero-order valence-electron chi connectivity index (χ0n) is 16.6. The number of hydrogen-bond donors (Lipinski definition) is 0. The van der Waals surface area contributed by atoms with Gasteiger partial charge in [0.25, 0.3) is 0 Å². The van der Waals surface area contributed by atoms with Crippen LogP contribution in [-0.4, -0.2) is 40.7 Å². The molecule has 7 heteroatoms. The van der Waals surface area contributed by atoms with Crippen LogP contribution in [0.5, 0.6) is 28.7 Å². The fraction of sp³-hybridized carbons (Fsp3) is 0.409. The van der Waals surface area contributed by atoms with Crippen molar-refractivity contribution in [2.24, 2.45) is 11.8 Å². The molecule has 152 valence electrons. The van der Waals surface area contributed by atoms with Gasteiger partial charge in [-0.25, -0.2) is 0 Å². The summed E-state index contributed by atoms with van der Waals surface area (Å²) in [6.45, 7) is 0.624. The molecule has 2 aromatic rings. The van der Waals surface area contributed by atoms with Crippen molar-refractivity contribution in [1.29, 1.82) is 0 Å². The lowest BCUT2D eigenvalue weighted by Crippen LogP contribution is -2.23. The van der Waals surface area contributed by atoms with E-state index in [1.165, 1.54) is 0 Å². The molecule has 1 saturated heterocycles. The number of fused-ring (bicyclic) bond motifs is 5. The summed E-state index contributed by atoms with van der Waals surface area (Å²) >= 11 is 0. The van der Waals surface area contributed by atoms with E-state index >= 15 is 0 Å². The normalized spacial score (nSPS) is 21.3. The molecule has 0 unspecified atom stereocenters. The molecule has 0 spiro atoms. The van der Waals surface area contributed by atoms with Crippen LogP contribution in [0.2, 0.25) is 0 Å². The Hall–Kier alpha value is -3.09. The molecule has 2 heterocycles. The molecule has 2 atom stereocenters. The summed E-state index contributed by atoms with van der Waals surface area (Å²) in [6, 6.07) is 5.92. The zero-order valence-corrected chi connectivity index (χ0v) is 16.6. The first-order valence-corrected chi connectivity index (χ1v) is 9.56. The van der Waals surface area contributed by atoms with Crippen LogP contribution in [0.1, 0.15) is 11.1 Å². The number of methoxy groups -OCH3 is 3. The Kier molecular flexibility index (Phi) is 4.19. The maximum atomic E-state index is 12.5. The third kappa shape index (κ3) is 2.68. The first kappa shape index (κ1) is 18.0. The van der Waals surface area contributed by atoms with Crippen LogP contribution in [0.25, 0.3) is 11.1 Å². The summed E-state index contributed by atoms with van der Waals surface area (Å²) in [7, 11) is 4.78. The van der Waals surface area contributed by atoms with Gasteiger partial charge in [0.1, 0.15) is 0 Å². The molecule has 2 aliphatic heterocycles. The SMILES string of the molecule is COc1cc2c(c(OC)c1OC)-c1cc3c(cc1C[C@H]1COC(=O)[C@@H]1C2)OCO3.